The Kier molecular flexibility index (Phi) is 7.69. The number of halogens is 3. The number of sulfone groups is 1. The van der Waals surface area contributed by atoms with Gasteiger partial charge >= 0.3 is 12.1 Å². The van der Waals surface area contributed by atoms with Crippen molar-refractivity contribution in [2.75, 3.05) is 4.90 Å². The number of benzene rings is 1. The zero-order valence-corrected chi connectivity index (χ0v) is 20.9. The van der Waals surface area contributed by atoms with Crippen molar-refractivity contribution >= 4 is 21.4 Å². The molecule has 198 valence electrons. The molecule has 1 saturated carbocycles. The molecule has 1 aliphatic rings. The summed E-state index contributed by atoms with van der Waals surface area (Å²) >= 11 is 0. The van der Waals surface area contributed by atoms with E-state index < -0.39 is 27.2 Å². The van der Waals surface area contributed by atoms with E-state index in [2.05, 4.69) is 9.97 Å². The van der Waals surface area contributed by atoms with Gasteiger partial charge in [-0.1, -0.05) is 6.07 Å². The van der Waals surface area contributed by atoms with Crippen LogP contribution in [-0.2, 0) is 26.9 Å². The van der Waals surface area contributed by atoms with Gasteiger partial charge in [-0.15, -0.1) is 0 Å². The molecule has 0 unspecified atom stereocenters. The third-order valence-electron chi connectivity index (χ3n) is 6.43. The Morgan fingerprint density at radius 1 is 1.14 bits per heavy atom. The second-order valence-corrected chi connectivity index (χ2v) is 11.4. The summed E-state index contributed by atoms with van der Waals surface area (Å²) in [6.07, 6.45) is 0.155. The molecule has 1 amide bonds. The molecule has 2 heterocycles. The van der Waals surface area contributed by atoms with E-state index >= 15 is 0 Å². The summed E-state index contributed by atoms with van der Waals surface area (Å²) in [4.78, 5) is 21.0. The highest BCUT2D eigenvalue weighted by molar-refractivity contribution is 7.91. The molecule has 0 radical (unpaired) electrons. The fourth-order valence-electron chi connectivity index (χ4n) is 4.33. The zero-order chi connectivity index (χ0) is 26.8. The van der Waals surface area contributed by atoms with Gasteiger partial charge in [-0.3, -0.25) is 9.78 Å². The average molecular weight is 537 g/mol. The van der Waals surface area contributed by atoms with Crippen LogP contribution >= 0.6 is 0 Å². The van der Waals surface area contributed by atoms with Crippen LogP contribution in [0.5, 0.6) is 0 Å². The summed E-state index contributed by atoms with van der Waals surface area (Å²) in [5.74, 6) is -1.78. The molecule has 2 aromatic heterocycles. The first-order valence-electron chi connectivity index (χ1n) is 11.8. The SMILES string of the molecule is Cc1oc(-c2ccc(N(Cc3cccnc3)C(=O)C(F)(F)F)cc2)nc1CS(=O)(=O)C1CCC(N)CC1. The minimum Gasteiger partial charge on any atom is -0.441 e. The molecule has 8 nitrogen and oxygen atoms in total. The lowest BCUT2D eigenvalue weighted by Crippen LogP contribution is -2.40. The highest BCUT2D eigenvalue weighted by Gasteiger charge is 2.43. The van der Waals surface area contributed by atoms with E-state index in [0.717, 1.165) is 0 Å². The second kappa shape index (κ2) is 10.6. The number of hydrogen-bond donors (Lipinski definition) is 1. The summed E-state index contributed by atoms with van der Waals surface area (Å²) < 4.78 is 71.4. The summed E-state index contributed by atoms with van der Waals surface area (Å²) in [5.41, 5.74) is 7.06. The molecule has 37 heavy (non-hydrogen) atoms. The van der Waals surface area contributed by atoms with E-state index in [1.807, 2.05) is 0 Å². The lowest BCUT2D eigenvalue weighted by molar-refractivity contribution is -0.170. The van der Waals surface area contributed by atoms with Gasteiger partial charge in [0.15, 0.2) is 9.84 Å². The van der Waals surface area contributed by atoms with Crippen molar-refractivity contribution in [1.29, 1.82) is 0 Å². The molecule has 1 fully saturated rings. The van der Waals surface area contributed by atoms with Crippen molar-refractivity contribution in [3.63, 3.8) is 0 Å². The first-order chi connectivity index (χ1) is 17.4. The van der Waals surface area contributed by atoms with E-state index in [0.29, 0.717) is 53.2 Å². The third kappa shape index (κ3) is 6.37. The number of nitrogens with two attached hydrogens (primary N) is 1. The van der Waals surface area contributed by atoms with Gasteiger partial charge in [0, 0.05) is 29.7 Å². The lowest BCUT2D eigenvalue weighted by atomic mass is 9.96. The van der Waals surface area contributed by atoms with Gasteiger partial charge in [0.05, 0.1) is 23.2 Å². The summed E-state index contributed by atoms with van der Waals surface area (Å²) in [7, 11) is -3.46. The highest BCUT2D eigenvalue weighted by Crippen LogP contribution is 2.31. The number of carbonyl (C=O) groups is 1. The van der Waals surface area contributed by atoms with Gasteiger partial charge in [-0.25, -0.2) is 13.4 Å². The second-order valence-electron chi connectivity index (χ2n) is 9.16. The number of pyridine rings is 1. The molecule has 2 N–H and O–H groups in total. The van der Waals surface area contributed by atoms with Crippen LogP contribution in [0.4, 0.5) is 18.9 Å². The van der Waals surface area contributed by atoms with Crippen molar-refractivity contribution in [3.8, 4) is 11.5 Å². The minimum atomic E-state index is -5.07. The van der Waals surface area contributed by atoms with Gasteiger partial charge in [-0.2, -0.15) is 13.2 Å². The number of oxazole rings is 1. The fourth-order valence-corrected chi connectivity index (χ4v) is 6.21. The molecule has 4 rings (SSSR count). The van der Waals surface area contributed by atoms with Gasteiger partial charge in [0.25, 0.3) is 0 Å². The molecule has 1 aliphatic carbocycles. The maximum absolute atomic E-state index is 13.3. The Bertz CT molecular complexity index is 1330. The Balaban J connectivity index is 1.54. The molecule has 0 spiro atoms. The number of hydrogen-bond acceptors (Lipinski definition) is 7. The van der Waals surface area contributed by atoms with E-state index in [-0.39, 0.29) is 29.9 Å². The molecule has 1 aromatic carbocycles. The maximum atomic E-state index is 13.3. The van der Waals surface area contributed by atoms with E-state index in [4.69, 9.17) is 10.2 Å². The van der Waals surface area contributed by atoms with Gasteiger partial charge < -0.3 is 15.1 Å². The van der Waals surface area contributed by atoms with Crippen molar-refractivity contribution < 1.29 is 30.8 Å². The van der Waals surface area contributed by atoms with Crippen LogP contribution in [-0.4, -0.2) is 41.8 Å². The Hall–Kier alpha value is -3.25. The average Bonchev–Trinajstić information content (AvgIpc) is 3.22. The number of anilines is 1. The lowest BCUT2D eigenvalue weighted by Gasteiger charge is -2.25. The van der Waals surface area contributed by atoms with Crippen molar-refractivity contribution in [3.05, 3.63) is 65.8 Å². The summed E-state index contributed by atoms with van der Waals surface area (Å²) in [6.45, 7) is 1.29. The van der Waals surface area contributed by atoms with Crippen molar-refractivity contribution in [2.24, 2.45) is 5.73 Å². The molecule has 0 aliphatic heterocycles. The van der Waals surface area contributed by atoms with Gasteiger partial charge in [0.1, 0.15) is 5.76 Å². The van der Waals surface area contributed by atoms with Crippen LogP contribution < -0.4 is 10.6 Å². The molecule has 0 atom stereocenters. The maximum Gasteiger partial charge on any atom is 0.471 e. The molecular formula is C25H27F3N4O4S. The number of amides is 1. The molecule has 0 bridgehead atoms. The predicted molar refractivity (Wildman–Crippen MR) is 131 cm³/mol. The number of alkyl halides is 3. The number of rotatable bonds is 7. The number of carbonyl (C=O) groups excluding carboxylic acids is 1. The number of aromatic nitrogens is 2. The standard InChI is InChI=1S/C25H27F3N4O4S/c1-16-22(15-37(34,35)21-10-6-19(29)7-11-21)31-23(36-16)18-4-8-20(9-5-18)32(24(33)25(26,27)28)14-17-3-2-12-30-13-17/h2-5,8-9,12-13,19,21H,6-7,10-11,14-15,29H2,1H3. The first kappa shape index (κ1) is 26.8. The normalized spacial score (nSPS) is 18.5. The fraction of sp³-hybridized carbons (Fsp3) is 0.400. The minimum absolute atomic E-state index is 0.0245. The van der Waals surface area contributed by atoms with E-state index in [1.54, 1.807) is 19.1 Å². The third-order valence-corrected chi connectivity index (χ3v) is 8.60. The first-order valence-corrected chi connectivity index (χ1v) is 13.5. The monoisotopic (exact) mass is 536 g/mol. The Morgan fingerprint density at radius 3 is 2.41 bits per heavy atom. The predicted octanol–water partition coefficient (Wildman–Crippen LogP) is 4.33. The van der Waals surface area contributed by atoms with Crippen LogP contribution in [0.1, 0.15) is 42.7 Å². The zero-order valence-electron chi connectivity index (χ0n) is 20.1. The topological polar surface area (TPSA) is 119 Å². The smallest absolute Gasteiger partial charge is 0.441 e. The molecule has 0 saturated heterocycles. The van der Waals surface area contributed by atoms with Crippen LogP contribution in [0.2, 0.25) is 0 Å². The van der Waals surface area contributed by atoms with Crippen LogP contribution in [0.3, 0.4) is 0 Å². The molecule has 3 aromatic rings. The molecule has 12 heteroatoms. The van der Waals surface area contributed by atoms with Crippen molar-refractivity contribution in [1.82, 2.24) is 9.97 Å². The van der Waals surface area contributed by atoms with Gasteiger partial charge in [-0.05, 0) is 68.5 Å². The summed E-state index contributed by atoms with van der Waals surface area (Å²) in [5, 5.41) is -0.469. The Morgan fingerprint density at radius 2 is 1.81 bits per heavy atom. The van der Waals surface area contributed by atoms with E-state index in [9.17, 15) is 26.4 Å². The van der Waals surface area contributed by atoms with Crippen molar-refractivity contribution in [2.45, 2.75) is 62.4 Å². The number of nitrogens with zero attached hydrogens (tertiary/aromatic N) is 3. The highest BCUT2D eigenvalue weighted by atomic mass is 32.2. The van der Waals surface area contributed by atoms with Gasteiger partial charge in [0.2, 0.25) is 5.89 Å². The van der Waals surface area contributed by atoms with Crippen LogP contribution in [0.15, 0.2) is 53.2 Å². The Labute approximate surface area is 212 Å². The molecular weight excluding hydrogens is 509 g/mol. The van der Waals surface area contributed by atoms with Crippen LogP contribution in [0, 0.1) is 6.92 Å². The van der Waals surface area contributed by atoms with Crippen LogP contribution in [0.25, 0.3) is 11.5 Å². The quantitative estimate of drug-likeness (QED) is 0.477. The van der Waals surface area contributed by atoms with E-state index in [1.165, 1.54) is 36.7 Å². The largest absolute Gasteiger partial charge is 0.471 e. The number of aryl methyl sites for hydroxylation is 1. The summed E-state index contributed by atoms with van der Waals surface area (Å²) in [6, 6.07) is 8.84.